The summed E-state index contributed by atoms with van der Waals surface area (Å²) in [6.45, 7) is 6.96. The van der Waals surface area contributed by atoms with E-state index in [0.29, 0.717) is 0 Å². The van der Waals surface area contributed by atoms with Crippen LogP contribution in [0.25, 0.3) is 92.5 Å². The molecule has 0 radical (unpaired) electrons. The Morgan fingerprint density at radius 3 is 1.53 bits per heavy atom. The third-order valence-electron chi connectivity index (χ3n) is 19.0. The van der Waals surface area contributed by atoms with Crippen LogP contribution < -0.4 is 31.1 Å². The van der Waals surface area contributed by atoms with Gasteiger partial charge in [0.05, 0.1) is 16.7 Å². The third-order valence-corrected chi connectivity index (χ3v) is 19.0. The topological polar surface area (TPSA) is 14.7 Å². The zero-order valence-corrected chi connectivity index (χ0v) is 48.6. The number of para-hydroxylation sites is 3. The molecular formula is C82H57BN4. The van der Waals surface area contributed by atoms with Crippen LogP contribution in [0.5, 0.6) is 0 Å². The first-order valence-corrected chi connectivity index (χ1v) is 30.4. The van der Waals surface area contributed by atoms with Gasteiger partial charge in [0.1, 0.15) is 0 Å². The van der Waals surface area contributed by atoms with E-state index < -0.39 is 0 Å². The molecule has 0 amide bonds. The van der Waals surface area contributed by atoms with Gasteiger partial charge in [0.25, 0.3) is 6.71 Å². The van der Waals surface area contributed by atoms with Gasteiger partial charge in [0.15, 0.2) is 0 Å². The molecule has 0 spiro atoms. The van der Waals surface area contributed by atoms with E-state index in [9.17, 15) is 0 Å². The van der Waals surface area contributed by atoms with E-state index in [1.54, 1.807) is 0 Å². The van der Waals surface area contributed by atoms with Gasteiger partial charge >= 0.3 is 0 Å². The zero-order valence-electron chi connectivity index (χ0n) is 48.6. The van der Waals surface area contributed by atoms with Crippen molar-refractivity contribution in [1.82, 2.24) is 4.57 Å². The Balaban J connectivity index is 0.928. The van der Waals surface area contributed by atoms with Gasteiger partial charge in [-0.1, -0.05) is 221 Å². The predicted molar refractivity (Wildman–Crippen MR) is 372 cm³/mol. The molecule has 3 heterocycles. The minimum atomic E-state index is -0.216. The normalized spacial score (nSPS) is 12.9. The Kier molecular flexibility index (Phi) is 10.7. The highest BCUT2D eigenvalue weighted by Crippen LogP contribution is 2.51. The van der Waals surface area contributed by atoms with Crippen molar-refractivity contribution in [2.45, 2.75) is 26.2 Å². The molecule has 408 valence electrons. The first-order valence-electron chi connectivity index (χ1n) is 30.4. The van der Waals surface area contributed by atoms with Gasteiger partial charge in [-0.05, 0) is 178 Å². The van der Waals surface area contributed by atoms with Crippen LogP contribution in [0.2, 0.25) is 0 Å². The number of aromatic nitrogens is 1. The fraction of sp³-hybridized carbons (Fsp3) is 0.0488. The van der Waals surface area contributed by atoms with Crippen molar-refractivity contribution >= 4 is 150 Å². The van der Waals surface area contributed by atoms with E-state index in [1.165, 1.54) is 126 Å². The highest BCUT2D eigenvalue weighted by molar-refractivity contribution is 7.00. The maximum atomic E-state index is 2.61. The fourth-order valence-electron chi connectivity index (χ4n) is 15.0. The number of anilines is 9. The molecule has 0 atom stereocenters. The van der Waals surface area contributed by atoms with Gasteiger partial charge < -0.3 is 19.3 Å². The fourth-order valence-corrected chi connectivity index (χ4v) is 15.0. The van der Waals surface area contributed by atoms with E-state index in [1.807, 2.05) is 0 Å². The first kappa shape index (κ1) is 49.5. The SMILES string of the molecule is CC(C)(C)c1cc2c3c(c1)N(c1cccc4ccccc14)c1cc(-n4c5ccccc5c5ccccc54)ccc1B3c1ccc(N(c3ccccc3)c3cc4cccc5c6cccc7cccc(c(c3)c45)c76)cc1N2c1ccc(-c2ccccc2)cc1. The van der Waals surface area contributed by atoms with Crippen LogP contribution in [-0.2, 0) is 5.41 Å². The third kappa shape index (κ3) is 7.46. The summed E-state index contributed by atoms with van der Waals surface area (Å²) in [7, 11) is 0. The molecule has 0 aliphatic carbocycles. The lowest BCUT2D eigenvalue weighted by molar-refractivity contribution is 0.590. The van der Waals surface area contributed by atoms with Crippen LogP contribution >= 0.6 is 0 Å². The molecule has 0 fully saturated rings. The van der Waals surface area contributed by atoms with Gasteiger partial charge in [-0.2, -0.15) is 0 Å². The summed E-state index contributed by atoms with van der Waals surface area (Å²) in [6.07, 6.45) is 0. The van der Waals surface area contributed by atoms with Crippen LogP contribution in [0.15, 0.2) is 291 Å². The monoisotopic (exact) mass is 1110 g/mol. The molecule has 0 unspecified atom stereocenters. The minimum Gasteiger partial charge on any atom is -0.311 e. The maximum Gasteiger partial charge on any atom is 0.252 e. The molecule has 18 rings (SSSR count). The lowest BCUT2D eigenvalue weighted by atomic mass is 9.33. The van der Waals surface area contributed by atoms with E-state index in [0.717, 1.165) is 39.8 Å². The number of rotatable bonds is 7. The molecule has 0 bridgehead atoms. The molecule has 5 heteroatoms. The molecule has 2 aliphatic heterocycles. The molecule has 0 saturated heterocycles. The van der Waals surface area contributed by atoms with Crippen molar-refractivity contribution < 1.29 is 0 Å². The Morgan fingerprint density at radius 2 is 0.828 bits per heavy atom. The number of benzene rings is 15. The van der Waals surface area contributed by atoms with Crippen molar-refractivity contribution in [2.24, 2.45) is 0 Å². The summed E-state index contributed by atoms with van der Waals surface area (Å²) in [5.74, 6) is 0. The maximum absolute atomic E-state index is 2.61. The van der Waals surface area contributed by atoms with E-state index in [-0.39, 0.29) is 12.1 Å². The highest BCUT2D eigenvalue weighted by atomic mass is 15.2. The van der Waals surface area contributed by atoms with Crippen molar-refractivity contribution in [1.29, 1.82) is 0 Å². The number of hydrogen-bond acceptors (Lipinski definition) is 3. The largest absolute Gasteiger partial charge is 0.311 e. The second-order valence-electron chi connectivity index (χ2n) is 24.8. The van der Waals surface area contributed by atoms with Gasteiger partial charge in [0, 0.05) is 67.3 Å². The number of hydrogen-bond donors (Lipinski definition) is 0. The van der Waals surface area contributed by atoms with Crippen LogP contribution in [0, 0.1) is 0 Å². The lowest BCUT2D eigenvalue weighted by Gasteiger charge is -2.45. The van der Waals surface area contributed by atoms with Crippen LogP contribution in [0.3, 0.4) is 0 Å². The summed E-state index contributed by atoms with van der Waals surface area (Å²) >= 11 is 0. The number of nitrogens with zero attached hydrogens (tertiary/aromatic N) is 4. The van der Waals surface area contributed by atoms with Gasteiger partial charge in [-0.3, -0.25) is 0 Å². The van der Waals surface area contributed by atoms with Crippen molar-refractivity contribution in [3.63, 3.8) is 0 Å². The summed E-state index contributed by atoms with van der Waals surface area (Å²) in [5, 5.41) is 15.1. The lowest BCUT2D eigenvalue weighted by Crippen LogP contribution is -2.61. The second-order valence-corrected chi connectivity index (χ2v) is 24.8. The van der Waals surface area contributed by atoms with Gasteiger partial charge in [-0.25, -0.2) is 0 Å². The Hall–Kier alpha value is -10.9. The molecule has 1 aromatic heterocycles. The Morgan fingerprint density at radius 1 is 0.310 bits per heavy atom. The zero-order chi connectivity index (χ0) is 57.6. The molecular weight excluding hydrogens is 1050 g/mol. The molecule has 0 N–H and O–H groups in total. The summed E-state index contributed by atoms with van der Waals surface area (Å²) in [4.78, 5) is 7.69. The van der Waals surface area contributed by atoms with Gasteiger partial charge in [-0.15, -0.1) is 0 Å². The Labute approximate surface area is 506 Å². The van der Waals surface area contributed by atoms with Crippen molar-refractivity contribution in [3.8, 4) is 16.8 Å². The Bertz CT molecular complexity index is 5400. The predicted octanol–water partition coefficient (Wildman–Crippen LogP) is 20.5. The first-order chi connectivity index (χ1) is 42.8. The molecule has 87 heavy (non-hydrogen) atoms. The van der Waals surface area contributed by atoms with Crippen LogP contribution in [0.1, 0.15) is 26.3 Å². The second kappa shape index (κ2) is 18.8. The molecule has 2 aliphatic rings. The molecule has 4 nitrogen and oxygen atoms in total. The molecule has 0 saturated carbocycles. The quantitative estimate of drug-likeness (QED) is 0.0898. The summed E-state index contributed by atoms with van der Waals surface area (Å²) < 4.78 is 2.47. The summed E-state index contributed by atoms with van der Waals surface area (Å²) in [6, 6.07) is 109. The van der Waals surface area contributed by atoms with Crippen LogP contribution in [0.4, 0.5) is 51.2 Å². The minimum absolute atomic E-state index is 0.129. The van der Waals surface area contributed by atoms with E-state index >= 15 is 0 Å². The average molecular weight is 1110 g/mol. The van der Waals surface area contributed by atoms with E-state index in [2.05, 4.69) is 331 Å². The average Bonchev–Trinajstić information content (AvgIpc) is 1.12. The standard InChI is InChI=1S/C82H57BN4/c1-82(2,3)57-47-77-81-78(48-57)87(72-37-19-23-54-22-10-11-29-63(54)72)76-51-61(86-73-35-14-12-30-64(73)65-31-13-15-36-74(65)86)43-45-71(76)83(81)70-44-42-60(50-75(70)85(77)59-40-38-53(39-41-59)52-20-6-4-7-21-52)84(58-27-8-5-9-28-58)62-46-56-26-18-33-67-66-32-16-24-55-25-17-34-68(79(55)66)69(49-62)80(56)67/h4-51H,1-3H3. The highest BCUT2D eigenvalue weighted by Gasteiger charge is 2.45. The van der Waals surface area contributed by atoms with Crippen LogP contribution in [-0.4, -0.2) is 11.3 Å². The summed E-state index contributed by atoms with van der Waals surface area (Å²) in [5.41, 5.74) is 21.0. The smallest absolute Gasteiger partial charge is 0.252 e. The molecule has 15 aromatic carbocycles. The van der Waals surface area contributed by atoms with Crippen molar-refractivity contribution in [3.05, 3.63) is 297 Å². The van der Waals surface area contributed by atoms with Crippen molar-refractivity contribution in [2.75, 3.05) is 14.7 Å². The molecule has 16 aromatic rings. The van der Waals surface area contributed by atoms with E-state index in [4.69, 9.17) is 0 Å². The van der Waals surface area contributed by atoms with Gasteiger partial charge in [0.2, 0.25) is 0 Å². The number of fused-ring (bicyclic) bond motifs is 10.